The summed E-state index contributed by atoms with van der Waals surface area (Å²) in [5, 5.41) is 2.84. The highest BCUT2D eigenvalue weighted by Crippen LogP contribution is 2.25. The topological polar surface area (TPSA) is 64.4 Å². The number of amides is 1. The van der Waals surface area contributed by atoms with Crippen LogP contribution in [0.25, 0.3) is 0 Å². The molecule has 3 N–H and O–H groups in total. The van der Waals surface area contributed by atoms with Crippen LogP contribution in [-0.2, 0) is 4.79 Å². The third kappa shape index (κ3) is 5.30. The molecule has 0 aliphatic heterocycles. The summed E-state index contributed by atoms with van der Waals surface area (Å²) < 4.78 is 5.65. The molecule has 0 unspecified atom stereocenters. The molecule has 0 spiro atoms. The fourth-order valence-corrected chi connectivity index (χ4v) is 1.71. The lowest BCUT2D eigenvalue weighted by Crippen LogP contribution is -2.35. The van der Waals surface area contributed by atoms with E-state index in [9.17, 15) is 4.79 Å². The van der Waals surface area contributed by atoms with Gasteiger partial charge in [-0.2, -0.15) is 0 Å². The van der Waals surface area contributed by atoms with Gasteiger partial charge in [-0.15, -0.1) is 0 Å². The molecule has 0 aliphatic rings. The average Bonchev–Trinajstić information content (AvgIpc) is 2.37. The number of unbranched alkanes of at least 4 members (excludes halogenated alkanes) is 1. The molecule has 0 heterocycles. The van der Waals surface area contributed by atoms with Gasteiger partial charge < -0.3 is 15.8 Å². The van der Waals surface area contributed by atoms with Gasteiger partial charge in [-0.1, -0.05) is 31.9 Å². The lowest BCUT2D eigenvalue weighted by atomic mass is 10.1. The van der Waals surface area contributed by atoms with Gasteiger partial charge in [0.05, 0.1) is 17.8 Å². The van der Waals surface area contributed by atoms with Gasteiger partial charge in [-0.3, -0.25) is 4.79 Å². The van der Waals surface area contributed by atoms with Crippen molar-refractivity contribution in [3.63, 3.8) is 0 Å². The lowest BCUT2D eigenvalue weighted by Gasteiger charge is -2.16. The highest BCUT2D eigenvalue weighted by molar-refractivity contribution is 5.95. The molecule has 1 aromatic rings. The largest absolute Gasteiger partial charge is 0.489 e. The van der Waals surface area contributed by atoms with Gasteiger partial charge in [0.1, 0.15) is 5.75 Å². The third-order valence-electron chi connectivity index (χ3n) is 2.71. The van der Waals surface area contributed by atoms with Crippen molar-refractivity contribution in [2.24, 2.45) is 5.73 Å². The number of carbonyl (C=O) groups excluding carboxylic acids is 1. The minimum Gasteiger partial charge on any atom is -0.489 e. The molecule has 1 rings (SSSR count). The molecule has 19 heavy (non-hydrogen) atoms. The van der Waals surface area contributed by atoms with Crippen LogP contribution in [0.3, 0.4) is 0 Å². The molecule has 0 saturated heterocycles. The minimum absolute atomic E-state index is 0.0619. The fraction of sp³-hybridized carbons (Fsp3) is 0.533. The van der Waals surface area contributed by atoms with E-state index in [0.29, 0.717) is 17.9 Å². The van der Waals surface area contributed by atoms with Crippen molar-refractivity contribution < 1.29 is 9.53 Å². The van der Waals surface area contributed by atoms with Crippen molar-refractivity contribution in [1.82, 2.24) is 0 Å². The molecule has 0 fully saturated rings. The Hall–Kier alpha value is -1.55. The number of ether oxygens (including phenoxy) is 1. The number of nitrogens with one attached hydrogen (secondary N) is 1. The molecule has 4 heteroatoms. The van der Waals surface area contributed by atoms with Crippen LogP contribution >= 0.6 is 0 Å². The second-order valence-electron chi connectivity index (χ2n) is 4.90. The van der Waals surface area contributed by atoms with Crippen LogP contribution in [0.2, 0.25) is 0 Å². The minimum atomic E-state index is -0.466. The predicted molar refractivity (Wildman–Crippen MR) is 78.3 cm³/mol. The van der Waals surface area contributed by atoms with Crippen LogP contribution < -0.4 is 15.8 Å². The first-order chi connectivity index (χ1) is 9.04. The van der Waals surface area contributed by atoms with Crippen LogP contribution in [0.5, 0.6) is 5.75 Å². The molecule has 1 amide bonds. The summed E-state index contributed by atoms with van der Waals surface area (Å²) in [6.07, 6.45) is 2.76. The van der Waals surface area contributed by atoms with Crippen LogP contribution in [0.4, 0.5) is 5.69 Å². The first-order valence-electron chi connectivity index (χ1n) is 6.86. The molecule has 0 aliphatic carbocycles. The van der Waals surface area contributed by atoms with Crippen LogP contribution in [-0.4, -0.2) is 18.1 Å². The van der Waals surface area contributed by atoms with E-state index in [0.717, 1.165) is 12.8 Å². The van der Waals surface area contributed by atoms with Crippen molar-refractivity contribution >= 4 is 11.6 Å². The average molecular weight is 264 g/mol. The van der Waals surface area contributed by atoms with Crippen molar-refractivity contribution in [3.8, 4) is 5.75 Å². The molecule has 0 aromatic heterocycles. The van der Waals surface area contributed by atoms with E-state index in [4.69, 9.17) is 10.5 Å². The molecule has 0 radical (unpaired) electrons. The summed E-state index contributed by atoms with van der Waals surface area (Å²) in [7, 11) is 0. The number of hydrogen-bond acceptors (Lipinski definition) is 3. The van der Waals surface area contributed by atoms with Crippen LogP contribution in [0.1, 0.15) is 40.0 Å². The summed E-state index contributed by atoms with van der Waals surface area (Å²) in [5.41, 5.74) is 6.52. The Morgan fingerprint density at radius 3 is 2.68 bits per heavy atom. The molecule has 0 bridgehead atoms. The number of para-hydroxylation sites is 2. The Morgan fingerprint density at radius 1 is 1.37 bits per heavy atom. The summed E-state index contributed by atoms with van der Waals surface area (Å²) in [6, 6.07) is 6.94. The number of nitrogens with two attached hydrogens (primary N) is 1. The zero-order valence-corrected chi connectivity index (χ0v) is 12.0. The molecular weight excluding hydrogens is 240 g/mol. The maximum Gasteiger partial charge on any atom is 0.241 e. The third-order valence-corrected chi connectivity index (χ3v) is 2.71. The molecular formula is C15H24N2O2. The van der Waals surface area contributed by atoms with Gasteiger partial charge in [0, 0.05) is 0 Å². The van der Waals surface area contributed by atoms with Crippen LogP contribution in [0, 0.1) is 0 Å². The summed E-state index contributed by atoms with van der Waals surface area (Å²) in [4.78, 5) is 12.0. The Balaban J connectivity index is 2.68. The monoisotopic (exact) mass is 264 g/mol. The fourth-order valence-electron chi connectivity index (χ4n) is 1.71. The maximum atomic E-state index is 12.0. The first kappa shape index (κ1) is 15.5. The molecule has 4 nitrogen and oxygen atoms in total. The maximum absolute atomic E-state index is 12.0. The molecule has 1 aromatic carbocycles. The van der Waals surface area contributed by atoms with Gasteiger partial charge in [-0.05, 0) is 32.4 Å². The number of hydrogen-bond donors (Lipinski definition) is 2. The Kier molecular flexibility index (Phi) is 6.36. The normalized spacial score (nSPS) is 12.3. The zero-order chi connectivity index (χ0) is 14.3. The van der Waals surface area contributed by atoms with E-state index >= 15 is 0 Å². The smallest absolute Gasteiger partial charge is 0.241 e. The van der Waals surface area contributed by atoms with Gasteiger partial charge in [0.15, 0.2) is 0 Å². The first-order valence-corrected chi connectivity index (χ1v) is 6.86. The standard InChI is InChI=1S/C15H24N2O2/c1-4-5-8-12(16)15(18)17-13-9-6-7-10-14(13)19-11(2)3/h6-7,9-12H,4-5,8,16H2,1-3H3,(H,17,18)/t12-/m0/s1. The SMILES string of the molecule is CCCC[C@H](N)C(=O)Nc1ccccc1OC(C)C. The van der Waals surface area contributed by atoms with Crippen molar-refractivity contribution in [3.05, 3.63) is 24.3 Å². The lowest BCUT2D eigenvalue weighted by molar-refractivity contribution is -0.117. The second-order valence-corrected chi connectivity index (χ2v) is 4.90. The second kappa shape index (κ2) is 7.79. The zero-order valence-electron chi connectivity index (χ0n) is 12.0. The van der Waals surface area contributed by atoms with E-state index in [1.807, 2.05) is 38.1 Å². The number of rotatable bonds is 7. The number of anilines is 1. The highest BCUT2D eigenvalue weighted by atomic mass is 16.5. The van der Waals surface area contributed by atoms with Crippen molar-refractivity contribution in [1.29, 1.82) is 0 Å². The van der Waals surface area contributed by atoms with E-state index in [1.54, 1.807) is 0 Å². The Bertz CT molecular complexity index is 405. The Morgan fingerprint density at radius 2 is 2.05 bits per heavy atom. The van der Waals surface area contributed by atoms with Crippen molar-refractivity contribution in [2.75, 3.05) is 5.32 Å². The quantitative estimate of drug-likeness (QED) is 0.796. The predicted octanol–water partition coefficient (Wildman–Crippen LogP) is 2.93. The van der Waals surface area contributed by atoms with Gasteiger partial charge in [0.25, 0.3) is 0 Å². The molecule has 106 valence electrons. The molecule has 0 saturated carbocycles. The van der Waals surface area contributed by atoms with E-state index in [2.05, 4.69) is 12.2 Å². The molecule has 1 atom stereocenters. The number of benzene rings is 1. The van der Waals surface area contributed by atoms with E-state index in [1.165, 1.54) is 0 Å². The van der Waals surface area contributed by atoms with Crippen LogP contribution in [0.15, 0.2) is 24.3 Å². The Labute approximate surface area is 115 Å². The van der Waals surface area contributed by atoms with Gasteiger partial charge >= 0.3 is 0 Å². The summed E-state index contributed by atoms with van der Waals surface area (Å²) in [6.45, 7) is 5.98. The van der Waals surface area contributed by atoms with Gasteiger partial charge in [0.2, 0.25) is 5.91 Å². The van der Waals surface area contributed by atoms with Gasteiger partial charge in [-0.25, -0.2) is 0 Å². The summed E-state index contributed by atoms with van der Waals surface area (Å²) in [5.74, 6) is 0.516. The van der Waals surface area contributed by atoms with Crippen molar-refractivity contribution in [2.45, 2.75) is 52.2 Å². The van der Waals surface area contributed by atoms with E-state index in [-0.39, 0.29) is 12.0 Å². The van der Waals surface area contributed by atoms with E-state index < -0.39 is 6.04 Å². The highest BCUT2D eigenvalue weighted by Gasteiger charge is 2.15. The summed E-state index contributed by atoms with van der Waals surface area (Å²) >= 11 is 0. The number of carbonyl (C=O) groups is 1.